The van der Waals surface area contributed by atoms with E-state index in [1.807, 2.05) is 0 Å². The van der Waals surface area contributed by atoms with Gasteiger partial charge in [-0.05, 0) is 24.4 Å². The molecule has 0 saturated carbocycles. The summed E-state index contributed by atoms with van der Waals surface area (Å²) in [5, 5.41) is 13.2. The predicted octanol–water partition coefficient (Wildman–Crippen LogP) is 2.27. The number of aromatic nitrogens is 1. The first kappa shape index (κ1) is 13.6. The zero-order chi connectivity index (χ0) is 13.0. The van der Waals surface area contributed by atoms with Crippen LogP contribution in [0, 0.1) is 11.3 Å². The third kappa shape index (κ3) is 2.93. The van der Waals surface area contributed by atoms with Crippen molar-refractivity contribution in [1.29, 1.82) is 5.26 Å². The SMILES string of the molecule is COCC(Nc1snc(Cl)c1C#N)C1CCCO1. The molecule has 1 aromatic rings. The normalized spacial score (nSPS) is 20.6. The van der Waals surface area contributed by atoms with Crippen molar-refractivity contribution in [3.8, 4) is 6.07 Å². The Bertz CT molecular complexity index is 440. The summed E-state index contributed by atoms with van der Waals surface area (Å²) in [5.74, 6) is 0. The Morgan fingerprint density at radius 2 is 2.61 bits per heavy atom. The second-order valence-electron chi connectivity index (χ2n) is 4.05. The van der Waals surface area contributed by atoms with Crippen LogP contribution in [0.2, 0.25) is 5.15 Å². The summed E-state index contributed by atoms with van der Waals surface area (Å²) >= 11 is 7.03. The van der Waals surface area contributed by atoms with Gasteiger partial charge in [0.05, 0.1) is 18.8 Å². The third-order valence-electron chi connectivity index (χ3n) is 2.84. The minimum absolute atomic E-state index is 0.0149. The fraction of sp³-hybridized carbons (Fsp3) is 0.636. The monoisotopic (exact) mass is 287 g/mol. The average molecular weight is 288 g/mol. The lowest BCUT2D eigenvalue weighted by molar-refractivity contribution is 0.0639. The number of anilines is 1. The zero-order valence-electron chi connectivity index (χ0n) is 9.98. The van der Waals surface area contributed by atoms with Gasteiger partial charge in [-0.25, -0.2) is 0 Å². The number of ether oxygens (including phenoxy) is 2. The molecule has 1 N–H and O–H groups in total. The van der Waals surface area contributed by atoms with E-state index in [4.69, 9.17) is 26.3 Å². The molecule has 2 unspecified atom stereocenters. The van der Waals surface area contributed by atoms with E-state index < -0.39 is 0 Å². The molecule has 1 aliphatic rings. The molecule has 0 bridgehead atoms. The summed E-state index contributed by atoms with van der Waals surface area (Å²) in [5.41, 5.74) is 0.390. The highest BCUT2D eigenvalue weighted by atomic mass is 35.5. The molecule has 98 valence electrons. The fourth-order valence-electron chi connectivity index (χ4n) is 1.98. The van der Waals surface area contributed by atoms with Crippen molar-refractivity contribution >= 4 is 28.1 Å². The van der Waals surface area contributed by atoms with Gasteiger partial charge in [-0.15, -0.1) is 0 Å². The molecular weight excluding hydrogens is 274 g/mol. The number of halogens is 1. The van der Waals surface area contributed by atoms with Crippen molar-refractivity contribution in [2.45, 2.75) is 25.0 Å². The van der Waals surface area contributed by atoms with Crippen LogP contribution in [0.4, 0.5) is 5.00 Å². The Balaban J connectivity index is 2.10. The summed E-state index contributed by atoms with van der Waals surface area (Å²) in [6, 6.07) is 2.07. The van der Waals surface area contributed by atoms with Crippen LogP contribution in [0.15, 0.2) is 0 Å². The van der Waals surface area contributed by atoms with Gasteiger partial charge in [0.25, 0.3) is 0 Å². The van der Waals surface area contributed by atoms with Crippen molar-refractivity contribution in [3.05, 3.63) is 10.7 Å². The van der Waals surface area contributed by atoms with Gasteiger partial charge >= 0.3 is 0 Å². The van der Waals surface area contributed by atoms with Crippen molar-refractivity contribution in [2.75, 3.05) is 25.6 Å². The molecular formula is C11H14ClN3O2S. The van der Waals surface area contributed by atoms with E-state index in [0.717, 1.165) is 19.4 Å². The average Bonchev–Trinajstić information content (AvgIpc) is 2.98. The van der Waals surface area contributed by atoms with E-state index in [9.17, 15) is 0 Å². The van der Waals surface area contributed by atoms with Gasteiger partial charge in [-0.1, -0.05) is 11.6 Å². The summed E-state index contributed by atoms with van der Waals surface area (Å²) in [6.07, 6.45) is 2.16. The van der Waals surface area contributed by atoms with Crippen LogP contribution in [0.5, 0.6) is 0 Å². The van der Waals surface area contributed by atoms with Gasteiger partial charge in [0.15, 0.2) is 5.15 Å². The Labute approximate surface area is 115 Å². The van der Waals surface area contributed by atoms with Gasteiger partial charge < -0.3 is 14.8 Å². The Morgan fingerprint density at radius 3 is 3.22 bits per heavy atom. The first-order valence-electron chi connectivity index (χ1n) is 5.68. The molecule has 1 aromatic heterocycles. The smallest absolute Gasteiger partial charge is 0.162 e. The molecule has 1 fully saturated rings. The maximum atomic E-state index is 9.03. The number of hydrogen-bond donors (Lipinski definition) is 1. The Hall–Kier alpha value is -0.870. The molecule has 1 aliphatic heterocycles. The minimum Gasteiger partial charge on any atom is -0.382 e. The predicted molar refractivity (Wildman–Crippen MR) is 70.1 cm³/mol. The van der Waals surface area contributed by atoms with Gasteiger partial charge in [0.1, 0.15) is 16.6 Å². The van der Waals surface area contributed by atoms with Crippen molar-refractivity contribution in [1.82, 2.24) is 4.37 Å². The lowest BCUT2D eigenvalue weighted by Gasteiger charge is -2.23. The number of nitrogens with one attached hydrogen (secondary N) is 1. The Kier molecular flexibility index (Phi) is 4.78. The van der Waals surface area contributed by atoms with Crippen molar-refractivity contribution < 1.29 is 9.47 Å². The number of nitrogens with zero attached hydrogens (tertiary/aromatic N) is 2. The highest BCUT2D eigenvalue weighted by molar-refractivity contribution is 7.10. The molecule has 0 amide bonds. The molecule has 5 nitrogen and oxygen atoms in total. The van der Waals surface area contributed by atoms with Crippen LogP contribution >= 0.6 is 23.1 Å². The molecule has 18 heavy (non-hydrogen) atoms. The first-order valence-corrected chi connectivity index (χ1v) is 6.83. The number of nitriles is 1. The molecule has 0 aliphatic carbocycles. The van der Waals surface area contributed by atoms with Crippen LogP contribution in [0.3, 0.4) is 0 Å². The molecule has 2 heterocycles. The lowest BCUT2D eigenvalue weighted by atomic mass is 10.1. The molecule has 0 spiro atoms. The molecule has 0 radical (unpaired) electrons. The van der Waals surface area contributed by atoms with E-state index in [1.54, 1.807) is 7.11 Å². The quantitative estimate of drug-likeness (QED) is 0.900. The maximum Gasteiger partial charge on any atom is 0.162 e. The minimum atomic E-state index is 0.0149. The highest BCUT2D eigenvalue weighted by Crippen LogP contribution is 2.29. The van der Waals surface area contributed by atoms with Crippen LogP contribution in [0.1, 0.15) is 18.4 Å². The fourth-order valence-corrected chi connectivity index (χ4v) is 2.97. The molecule has 2 rings (SSSR count). The highest BCUT2D eigenvalue weighted by Gasteiger charge is 2.27. The van der Waals surface area contributed by atoms with Crippen LogP contribution in [-0.4, -0.2) is 36.8 Å². The topological polar surface area (TPSA) is 67.2 Å². The third-order valence-corrected chi connectivity index (χ3v) is 3.99. The summed E-state index contributed by atoms with van der Waals surface area (Å²) in [6.45, 7) is 1.30. The van der Waals surface area contributed by atoms with E-state index in [2.05, 4.69) is 15.8 Å². The number of methoxy groups -OCH3 is 1. The summed E-state index contributed by atoms with van der Waals surface area (Å²) < 4.78 is 14.8. The Morgan fingerprint density at radius 1 is 1.78 bits per heavy atom. The van der Waals surface area contributed by atoms with Gasteiger partial charge in [0, 0.05) is 13.7 Å². The van der Waals surface area contributed by atoms with E-state index in [0.29, 0.717) is 17.2 Å². The van der Waals surface area contributed by atoms with E-state index >= 15 is 0 Å². The second kappa shape index (κ2) is 6.34. The number of hydrogen-bond acceptors (Lipinski definition) is 6. The van der Waals surface area contributed by atoms with E-state index in [1.165, 1.54) is 11.5 Å². The molecule has 7 heteroatoms. The molecule has 0 aromatic carbocycles. The summed E-state index contributed by atoms with van der Waals surface area (Å²) in [4.78, 5) is 0. The standard InChI is InChI=1S/C11H14ClN3O2S/c1-16-6-8(9-3-2-4-17-9)14-11-7(5-13)10(12)15-18-11/h8-9,14H,2-4,6H2,1H3. The van der Waals surface area contributed by atoms with Crippen molar-refractivity contribution in [2.24, 2.45) is 0 Å². The van der Waals surface area contributed by atoms with Gasteiger partial charge in [0.2, 0.25) is 0 Å². The van der Waals surface area contributed by atoms with Crippen LogP contribution in [0.25, 0.3) is 0 Å². The second-order valence-corrected chi connectivity index (χ2v) is 5.18. The van der Waals surface area contributed by atoms with Crippen LogP contribution in [-0.2, 0) is 9.47 Å². The van der Waals surface area contributed by atoms with E-state index in [-0.39, 0.29) is 17.3 Å². The van der Waals surface area contributed by atoms with Gasteiger partial charge in [-0.3, -0.25) is 0 Å². The molecule has 1 saturated heterocycles. The molecule has 2 atom stereocenters. The zero-order valence-corrected chi connectivity index (χ0v) is 11.6. The summed E-state index contributed by atoms with van der Waals surface area (Å²) in [7, 11) is 1.65. The van der Waals surface area contributed by atoms with Gasteiger partial charge in [-0.2, -0.15) is 9.64 Å². The van der Waals surface area contributed by atoms with Crippen molar-refractivity contribution in [3.63, 3.8) is 0 Å². The lowest BCUT2D eigenvalue weighted by Crippen LogP contribution is -2.37. The maximum absolute atomic E-state index is 9.03. The van der Waals surface area contributed by atoms with Crippen LogP contribution < -0.4 is 5.32 Å². The number of rotatable bonds is 5. The first-order chi connectivity index (χ1) is 8.76. The largest absolute Gasteiger partial charge is 0.382 e.